The molecule has 0 amide bonds. The molecule has 1 rings (SSSR count). The van der Waals surface area contributed by atoms with Crippen molar-refractivity contribution in [1.82, 2.24) is 10.6 Å². The summed E-state index contributed by atoms with van der Waals surface area (Å²) >= 11 is 0. The molecule has 0 unspecified atom stereocenters. The molecule has 0 aliphatic rings. The van der Waals surface area contributed by atoms with Crippen LogP contribution in [0.4, 0.5) is 0 Å². The van der Waals surface area contributed by atoms with Gasteiger partial charge >= 0.3 is 5.97 Å². The SMILES string of the molecule is CNCCCC[C@H](NC)C(=O)OCc1ccccc1. The predicted octanol–water partition coefficient (Wildman–Crippen LogP) is 1.71. The molecule has 2 N–H and O–H groups in total. The lowest BCUT2D eigenvalue weighted by Gasteiger charge is -2.15. The van der Waals surface area contributed by atoms with Crippen LogP contribution in [0.25, 0.3) is 0 Å². The van der Waals surface area contributed by atoms with Gasteiger partial charge in [0.15, 0.2) is 0 Å². The van der Waals surface area contributed by atoms with Gasteiger partial charge in [0, 0.05) is 0 Å². The van der Waals surface area contributed by atoms with Crippen LogP contribution in [0.5, 0.6) is 0 Å². The van der Waals surface area contributed by atoms with Gasteiger partial charge in [0.25, 0.3) is 0 Å². The van der Waals surface area contributed by atoms with Crippen molar-refractivity contribution in [2.45, 2.75) is 31.9 Å². The van der Waals surface area contributed by atoms with Crippen molar-refractivity contribution in [1.29, 1.82) is 0 Å². The quantitative estimate of drug-likeness (QED) is 0.526. The number of nitrogens with one attached hydrogen (secondary N) is 2. The van der Waals surface area contributed by atoms with Crippen LogP contribution in [0.2, 0.25) is 0 Å². The van der Waals surface area contributed by atoms with Gasteiger partial charge in [-0.1, -0.05) is 36.8 Å². The number of carbonyl (C=O) groups excluding carboxylic acids is 1. The van der Waals surface area contributed by atoms with Gasteiger partial charge in [-0.05, 0) is 39.0 Å². The number of carbonyl (C=O) groups is 1. The first-order chi connectivity index (χ1) is 9.27. The fourth-order valence-electron chi connectivity index (χ4n) is 1.86. The molecule has 4 heteroatoms. The van der Waals surface area contributed by atoms with E-state index in [1.807, 2.05) is 37.4 Å². The first-order valence-corrected chi connectivity index (χ1v) is 6.80. The second-order valence-electron chi connectivity index (χ2n) is 4.53. The molecule has 0 spiro atoms. The first kappa shape index (κ1) is 15.7. The molecule has 0 radical (unpaired) electrons. The van der Waals surface area contributed by atoms with Gasteiger partial charge in [0.1, 0.15) is 12.6 Å². The lowest BCUT2D eigenvalue weighted by Crippen LogP contribution is -2.35. The molecule has 106 valence electrons. The second-order valence-corrected chi connectivity index (χ2v) is 4.53. The summed E-state index contributed by atoms with van der Waals surface area (Å²) in [5.74, 6) is -0.171. The third-order valence-corrected chi connectivity index (χ3v) is 3.03. The van der Waals surface area contributed by atoms with Crippen molar-refractivity contribution >= 4 is 5.97 Å². The van der Waals surface area contributed by atoms with Gasteiger partial charge < -0.3 is 15.4 Å². The summed E-state index contributed by atoms with van der Waals surface area (Å²) in [6.45, 7) is 1.32. The number of unbranched alkanes of at least 4 members (excludes halogenated alkanes) is 1. The van der Waals surface area contributed by atoms with Crippen LogP contribution in [0, 0.1) is 0 Å². The Kier molecular flexibility index (Phi) is 7.86. The van der Waals surface area contributed by atoms with E-state index in [-0.39, 0.29) is 12.0 Å². The minimum absolute atomic E-state index is 0.171. The van der Waals surface area contributed by atoms with Crippen LogP contribution in [-0.4, -0.2) is 32.7 Å². The molecule has 0 saturated heterocycles. The Morgan fingerprint density at radius 1 is 1.21 bits per heavy atom. The normalized spacial score (nSPS) is 12.1. The number of benzene rings is 1. The minimum atomic E-state index is -0.208. The average Bonchev–Trinajstić information content (AvgIpc) is 2.46. The van der Waals surface area contributed by atoms with E-state index in [0.29, 0.717) is 6.61 Å². The molecule has 0 fully saturated rings. The molecular weight excluding hydrogens is 240 g/mol. The van der Waals surface area contributed by atoms with E-state index >= 15 is 0 Å². The number of ether oxygens (including phenoxy) is 1. The Morgan fingerprint density at radius 2 is 1.95 bits per heavy atom. The lowest BCUT2D eigenvalue weighted by atomic mass is 10.1. The zero-order valence-electron chi connectivity index (χ0n) is 11.8. The van der Waals surface area contributed by atoms with E-state index < -0.39 is 0 Å². The Balaban J connectivity index is 2.29. The molecule has 0 bridgehead atoms. The van der Waals surface area contributed by atoms with Crippen molar-refractivity contribution in [2.24, 2.45) is 0 Å². The Labute approximate surface area is 115 Å². The summed E-state index contributed by atoms with van der Waals surface area (Å²) in [4.78, 5) is 11.9. The molecule has 1 atom stereocenters. The van der Waals surface area contributed by atoms with Gasteiger partial charge in [-0.25, -0.2) is 0 Å². The van der Waals surface area contributed by atoms with Gasteiger partial charge in [0.2, 0.25) is 0 Å². The van der Waals surface area contributed by atoms with E-state index in [2.05, 4.69) is 10.6 Å². The Bertz CT molecular complexity index is 354. The van der Waals surface area contributed by atoms with Gasteiger partial charge in [-0.2, -0.15) is 0 Å². The maximum absolute atomic E-state index is 11.9. The highest BCUT2D eigenvalue weighted by Crippen LogP contribution is 2.06. The average molecular weight is 264 g/mol. The first-order valence-electron chi connectivity index (χ1n) is 6.80. The number of esters is 1. The molecule has 19 heavy (non-hydrogen) atoms. The van der Waals surface area contributed by atoms with Crippen LogP contribution in [-0.2, 0) is 16.1 Å². The minimum Gasteiger partial charge on any atom is -0.460 e. The molecule has 0 aromatic heterocycles. The fourth-order valence-corrected chi connectivity index (χ4v) is 1.86. The topological polar surface area (TPSA) is 50.4 Å². The number of hydrogen-bond acceptors (Lipinski definition) is 4. The zero-order chi connectivity index (χ0) is 13.9. The molecule has 0 heterocycles. The highest BCUT2D eigenvalue weighted by Gasteiger charge is 2.17. The summed E-state index contributed by atoms with van der Waals surface area (Å²) in [5, 5.41) is 6.12. The third kappa shape index (κ3) is 6.36. The molecule has 0 aliphatic carbocycles. The Hall–Kier alpha value is -1.39. The molecule has 1 aromatic rings. The Morgan fingerprint density at radius 3 is 2.58 bits per heavy atom. The van der Waals surface area contributed by atoms with Gasteiger partial charge in [-0.15, -0.1) is 0 Å². The van der Waals surface area contributed by atoms with E-state index in [1.54, 1.807) is 7.05 Å². The van der Waals surface area contributed by atoms with Crippen LogP contribution in [0.3, 0.4) is 0 Å². The van der Waals surface area contributed by atoms with Crippen LogP contribution >= 0.6 is 0 Å². The number of likely N-dealkylation sites (N-methyl/N-ethyl adjacent to an activating group) is 1. The highest BCUT2D eigenvalue weighted by atomic mass is 16.5. The van der Waals surface area contributed by atoms with Crippen molar-refractivity contribution in [3.8, 4) is 0 Å². The summed E-state index contributed by atoms with van der Waals surface area (Å²) in [5.41, 5.74) is 1.01. The van der Waals surface area contributed by atoms with E-state index in [0.717, 1.165) is 31.4 Å². The largest absolute Gasteiger partial charge is 0.460 e. The van der Waals surface area contributed by atoms with Crippen molar-refractivity contribution < 1.29 is 9.53 Å². The van der Waals surface area contributed by atoms with Gasteiger partial charge in [-0.3, -0.25) is 4.79 Å². The maximum Gasteiger partial charge on any atom is 0.323 e. The summed E-state index contributed by atoms with van der Waals surface area (Å²) in [6, 6.07) is 9.53. The van der Waals surface area contributed by atoms with Crippen LogP contribution in [0.1, 0.15) is 24.8 Å². The van der Waals surface area contributed by atoms with E-state index in [4.69, 9.17) is 4.74 Å². The highest BCUT2D eigenvalue weighted by molar-refractivity contribution is 5.75. The van der Waals surface area contributed by atoms with E-state index in [9.17, 15) is 4.79 Å². The van der Waals surface area contributed by atoms with Crippen molar-refractivity contribution in [3.05, 3.63) is 35.9 Å². The summed E-state index contributed by atoms with van der Waals surface area (Å²) in [6.07, 6.45) is 2.89. The monoisotopic (exact) mass is 264 g/mol. The summed E-state index contributed by atoms with van der Waals surface area (Å²) < 4.78 is 5.32. The van der Waals surface area contributed by atoms with Crippen LogP contribution in [0.15, 0.2) is 30.3 Å². The molecule has 1 aromatic carbocycles. The number of rotatable bonds is 9. The third-order valence-electron chi connectivity index (χ3n) is 3.03. The standard InChI is InChI=1S/C15H24N2O2/c1-16-11-7-6-10-14(17-2)15(18)19-12-13-8-4-3-5-9-13/h3-5,8-9,14,16-17H,6-7,10-12H2,1-2H3/t14-/m0/s1. The predicted molar refractivity (Wildman–Crippen MR) is 76.9 cm³/mol. The fraction of sp³-hybridized carbons (Fsp3) is 0.533. The number of hydrogen-bond donors (Lipinski definition) is 2. The zero-order valence-corrected chi connectivity index (χ0v) is 11.8. The van der Waals surface area contributed by atoms with Crippen LogP contribution < -0.4 is 10.6 Å². The molecule has 0 saturated carbocycles. The molecule has 0 aliphatic heterocycles. The molecular formula is C15H24N2O2. The van der Waals surface area contributed by atoms with E-state index in [1.165, 1.54) is 0 Å². The summed E-state index contributed by atoms with van der Waals surface area (Å²) in [7, 11) is 3.73. The maximum atomic E-state index is 11.9. The van der Waals surface area contributed by atoms with Crippen molar-refractivity contribution in [3.63, 3.8) is 0 Å². The van der Waals surface area contributed by atoms with Gasteiger partial charge in [0.05, 0.1) is 0 Å². The van der Waals surface area contributed by atoms with Crippen molar-refractivity contribution in [2.75, 3.05) is 20.6 Å². The lowest BCUT2D eigenvalue weighted by molar-refractivity contribution is -0.147. The second kappa shape index (κ2) is 9.53. The molecule has 4 nitrogen and oxygen atoms in total. The smallest absolute Gasteiger partial charge is 0.323 e.